The molecule has 0 spiro atoms. The van der Waals surface area contributed by atoms with Crippen LogP contribution in [0.25, 0.3) is 0 Å². The van der Waals surface area contributed by atoms with Gasteiger partial charge in [-0.2, -0.15) is 0 Å². The highest BCUT2D eigenvalue weighted by molar-refractivity contribution is 5.38. The minimum absolute atomic E-state index is 0.0411. The first-order valence-electron chi connectivity index (χ1n) is 5.90. The van der Waals surface area contributed by atoms with E-state index in [0.29, 0.717) is 18.2 Å². The second kappa shape index (κ2) is 4.72. The van der Waals surface area contributed by atoms with E-state index in [4.69, 9.17) is 15.0 Å². The van der Waals surface area contributed by atoms with Crippen molar-refractivity contribution < 1.29 is 9.26 Å². The van der Waals surface area contributed by atoms with Crippen LogP contribution in [-0.2, 0) is 12.0 Å². The quantitative estimate of drug-likeness (QED) is 0.903. The molecule has 0 aliphatic carbocycles. The summed E-state index contributed by atoms with van der Waals surface area (Å²) in [6.07, 6.45) is 0. The van der Waals surface area contributed by atoms with E-state index in [0.717, 1.165) is 5.75 Å². The molecule has 2 aromatic rings. The lowest BCUT2D eigenvalue weighted by atomic mass is 9.86. The molecule has 0 bridgehead atoms. The van der Waals surface area contributed by atoms with Crippen molar-refractivity contribution in [1.29, 1.82) is 0 Å². The molecule has 1 heterocycles. The van der Waals surface area contributed by atoms with E-state index in [1.807, 2.05) is 18.2 Å². The summed E-state index contributed by atoms with van der Waals surface area (Å²) in [5, 5.41) is 3.80. The molecule has 0 fully saturated rings. The summed E-state index contributed by atoms with van der Waals surface area (Å²) in [5.74, 6) is 1.17. The Morgan fingerprint density at radius 1 is 1.28 bits per heavy atom. The number of benzene rings is 1. The van der Waals surface area contributed by atoms with Gasteiger partial charge in [0.1, 0.15) is 18.1 Å². The normalized spacial score (nSPS) is 11.5. The molecular formula is C14H18N2O2. The van der Waals surface area contributed by atoms with E-state index in [1.165, 1.54) is 5.56 Å². The molecule has 0 radical (unpaired) electrons. The van der Waals surface area contributed by atoms with E-state index in [2.05, 4.69) is 32.0 Å². The third-order valence-corrected chi connectivity index (χ3v) is 2.65. The van der Waals surface area contributed by atoms with Crippen LogP contribution in [0.2, 0.25) is 0 Å². The Morgan fingerprint density at radius 2 is 2.00 bits per heavy atom. The molecule has 1 aromatic carbocycles. The SMILES string of the molecule is CC(C)(C)c1ccccc1OCc1cc(N)on1. The van der Waals surface area contributed by atoms with Gasteiger partial charge in [-0.15, -0.1) is 0 Å². The van der Waals surface area contributed by atoms with E-state index >= 15 is 0 Å². The predicted molar refractivity (Wildman–Crippen MR) is 70.4 cm³/mol. The zero-order chi connectivity index (χ0) is 13.2. The van der Waals surface area contributed by atoms with Gasteiger partial charge in [-0.25, -0.2) is 0 Å². The summed E-state index contributed by atoms with van der Waals surface area (Å²) in [4.78, 5) is 0. The maximum atomic E-state index is 5.78. The van der Waals surface area contributed by atoms with Crippen LogP contribution < -0.4 is 10.5 Å². The second-order valence-corrected chi connectivity index (χ2v) is 5.26. The molecule has 0 aliphatic heterocycles. The molecule has 18 heavy (non-hydrogen) atoms. The number of nitrogen functional groups attached to an aromatic ring is 1. The maximum Gasteiger partial charge on any atom is 0.222 e. The number of nitrogens with two attached hydrogens (primary N) is 1. The monoisotopic (exact) mass is 246 g/mol. The van der Waals surface area contributed by atoms with Gasteiger partial charge in [-0.1, -0.05) is 44.1 Å². The number of nitrogens with zero attached hydrogens (tertiary/aromatic N) is 1. The summed E-state index contributed by atoms with van der Waals surface area (Å²) in [5.41, 5.74) is 7.36. The molecule has 0 aliphatic rings. The van der Waals surface area contributed by atoms with Crippen molar-refractivity contribution in [3.63, 3.8) is 0 Å². The summed E-state index contributed by atoms with van der Waals surface area (Å²) < 4.78 is 10.6. The molecular weight excluding hydrogens is 228 g/mol. The fraction of sp³-hybridized carbons (Fsp3) is 0.357. The van der Waals surface area contributed by atoms with E-state index < -0.39 is 0 Å². The predicted octanol–water partition coefficient (Wildman–Crippen LogP) is 3.13. The molecule has 2 N–H and O–H groups in total. The summed E-state index contributed by atoms with van der Waals surface area (Å²) >= 11 is 0. The van der Waals surface area contributed by atoms with E-state index in [9.17, 15) is 0 Å². The van der Waals surface area contributed by atoms with Gasteiger partial charge < -0.3 is 15.0 Å². The molecule has 4 heteroatoms. The Morgan fingerprint density at radius 3 is 2.61 bits per heavy atom. The van der Waals surface area contributed by atoms with Gasteiger partial charge in [0.15, 0.2) is 0 Å². The molecule has 0 saturated heterocycles. The van der Waals surface area contributed by atoms with Gasteiger partial charge in [-0.3, -0.25) is 0 Å². The number of para-hydroxylation sites is 1. The Balaban J connectivity index is 2.14. The number of aromatic nitrogens is 1. The third-order valence-electron chi connectivity index (χ3n) is 2.65. The maximum absolute atomic E-state index is 5.78. The summed E-state index contributed by atoms with van der Waals surface area (Å²) in [6.45, 7) is 6.82. The van der Waals surface area contributed by atoms with Crippen LogP contribution in [-0.4, -0.2) is 5.16 Å². The van der Waals surface area contributed by atoms with Crippen LogP contribution in [0, 0.1) is 0 Å². The van der Waals surface area contributed by atoms with Gasteiger partial charge in [0.25, 0.3) is 0 Å². The van der Waals surface area contributed by atoms with Gasteiger partial charge in [0.05, 0.1) is 0 Å². The first-order chi connectivity index (χ1) is 8.47. The van der Waals surface area contributed by atoms with Crippen LogP contribution in [0.3, 0.4) is 0 Å². The third kappa shape index (κ3) is 2.83. The number of hydrogen-bond donors (Lipinski definition) is 1. The number of hydrogen-bond acceptors (Lipinski definition) is 4. The highest BCUT2D eigenvalue weighted by Crippen LogP contribution is 2.31. The van der Waals surface area contributed by atoms with Crippen molar-refractivity contribution in [2.24, 2.45) is 0 Å². The highest BCUT2D eigenvalue weighted by Gasteiger charge is 2.18. The first-order valence-corrected chi connectivity index (χ1v) is 5.90. The average molecular weight is 246 g/mol. The van der Waals surface area contributed by atoms with Gasteiger partial charge >= 0.3 is 0 Å². The second-order valence-electron chi connectivity index (χ2n) is 5.26. The summed E-state index contributed by atoms with van der Waals surface area (Å²) in [7, 11) is 0. The fourth-order valence-corrected chi connectivity index (χ4v) is 1.76. The number of ether oxygens (including phenoxy) is 1. The molecule has 0 unspecified atom stereocenters. The Bertz CT molecular complexity index is 527. The minimum Gasteiger partial charge on any atom is -0.487 e. The molecule has 2 rings (SSSR count). The van der Waals surface area contributed by atoms with Crippen LogP contribution in [0.5, 0.6) is 5.75 Å². The molecule has 0 atom stereocenters. The van der Waals surface area contributed by atoms with Crippen molar-refractivity contribution in [2.45, 2.75) is 32.8 Å². The van der Waals surface area contributed by atoms with Crippen molar-refractivity contribution in [2.75, 3.05) is 5.73 Å². The standard InChI is InChI=1S/C14H18N2O2/c1-14(2,3)11-6-4-5-7-12(11)17-9-10-8-13(15)18-16-10/h4-8H,9,15H2,1-3H3. The fourth-order valence-electron chi connectivity index (χ4n) is 1.76. The van der Waals surface area contributed by atoms with Crippen LogP contribution in [0.4, 0.5) is 5.88 Å². The Kier molecular flexibility index (Phi) is 3.28. The average Bonchev–Trinajstić information content (AvgIpc) is 2.72. The van der Waals surface area contributed by atoms with Crippen LogP contribution >= 0.6 is 0 Å². The lowest BCUT2D eigenvalue weighted by Crippen LogP contribution is -2.13. The first kappa shape index (κ1) is 12.5. The molecule has 4 nitrogen and oxygen atoms in total. The van der Waals surface area contributed by atoms with E-state index in [1.54, 1.807) is 6.07 Å². The van der Waals surface area contributed by atoms with Crippen LogP contribution in [0.15, 0.2) is 34.9 Å². The summed E-state index contributed by atoms with van der Waals surface area (Å²) in [6, 6.07) is 9.68. The van der Waals surface area contributed by atoms with Crippen LogP contribution in [0.1, 0.15) is 32.0 Å². The molecule has 1 aromatic heterocycles. The minimum atomic E-state index is 0.0411. The van der Waals surface area contributed by atoms with E-state index in [-0.39, 0.29) is 5.41 Å². The molecule has 0 saturated carbocycles. The number of rotatable bonds is 3. The topological polar surface area (TPSA) is 61.3 Å². The zero-order valence-electron chi connectivity index (χ0n) is 10.9. The largest absolute Gasteiger partial charge is 0.487 e. The lowest BCUT2D eigenvalue weighted by Gasteiger charge is -2.22. The number of anilines is 1. The van der Waals surface area contributed by atoms with Crippen molar-refractivity contribution in [3.05, 3.63) is 41.6 Å². The lowest BCUT2D eigenvalue weighted by molar-refractivity contribution is 0.283. The Labute approximate surface area is 107 Å². The Hall–Kier alpha value is -1.97. The zero-order valence-corrected chi connectivity index (χ0v) is 10.9. The van der Waals surface area contributed by atoms with Crippen molar-refractivity contribution in [3.8, 4) is 5.75 Å². The molecule has 0 amide bonds. The van der Waals surface area contributed by atoms with Gasteiger partial charge in [0.2, 0.25) is 5.88 Å². The van der Waals surface area contributed by atoms with Gasteiger partial charge in [0, 0.05) is 6.07 Å². The van der Waals surface area contributed by atoms with Crippen molar-refractivity contribution in [1.82, 2.24) is 5.16 Å². The highest BCUT2D eigenvalue weighted by atomic mass is 16.5. The van der Waals surface area contributed by atoms with Gasteiger partial charge in [-0.05, 0) is 17.0 Å². The van der Waals surface area contributed by atoms with Crippen molar-refractivity contribution >= 4 is 5.88 Å². The smallest absolute Gasteiger partial charge is 0.222 e. The molecule has 96 valence electrons.